The Bertz CT molecular complexity index is 4200. The third-order valence-electron chi connectivity index (χ3n) is 22.6. The molecule has 28 heteroatoms. The van der Waals surface area contributed by atoms with Gasteiger partial charge in [0, 0.05) is 5.41 Å². The van der Waals surface area contributed by atoms with Crippen LogP contribution in [0.1, 0.15) is 46.7 Å². The van der Waals surface area contributed by atoms with Crippen LogP contribution in [0.5, 0.6) is 0 Å². The molecular formula is C50H64B28. The quantitative estimate of drug-likeness (QED) is 0.0698. The molecule has 1 unspecified atom stereocenters. The highest BCUT2D eigenvalue weighted by atomic mass is 14.5. The van der Waals surface area contributed by atoms with Crippen LogP contribution in [0.2, 0.25) is 0 Å². The van der Waals surface area contributed by atoms with E-state index in [1.54, 1.807) is 0 Å². The first-order valence-electron chi connectivity index (χ1n) is 29.2. The predicted octanol–water partition coefficient (Wildman–Crippen LogP) is -31.9. The van der Waals surface area contributed by atoms with Gasteiger partial charge in [0.1, 0.15) is 220 Å². The van der Waals surface area contributed by atoms with Gasteiger partial charge < -0.3 is 0 Å². The summed E-state index contributed by atoms with van der Waals surface area (Å²) >= 11 is 0. The average molecular weight is 968 g/mol. The van der Waals surface area contributed by atoms with Crippen LogP contribution < -0.4 is 120 Å². The normalized spacial score (nSPS) is 16.2. The lowest BCUT2D eigenvalue weighted by Gasteiger charge is -2.36. The SMILES string of the molecule is B/C(C)=C(B)/C(=C(/B)Cc1c(B)c(B)c2c(c1B)-c1c(B)c(B)c(B)c(B)c1C21C/C(=C(B)\C(B)=C(\B)C#C)c2c(B)c(B)c(B)c(B)c21)c1c(B)c(B)c2c3c(B)c(B)c(B)c(B)c3c3c(B)c(B)c(B)c(B)c3c2c1B. The Kier molecular flexibility index (Phi) is 14.9. The Morgan fingerprint density at radius 3 is 1.13 bits per heavy atom. The van der Waals surface area contributed by atoms with Gasteiger partial charge in [0.15, 0.2) is 0 Å². The molecule has 0 bridgehead atoms. The molecular weight excluding hydrogens is 903 g/mol. The average Bonchev–Trinajstić information content (AvgIpc) is 4.07. The Morgan fingerprint density at radius 1 is 0.385 bits per heavy atom. The van der Waals surface area contributed by atoms with Crippen LogP contribution >= 0.6 is 0 Å². The lowest BCUT2D eigenvalue weighted by Crippen LogP contribution is -2.55. The highest BCUT2D eigenvalue weighted by Gasteiger charge is 2.54. The molecule has 0 fully saturated rings. The largest absolute Gasteiger partial charge is 0.149 e. The molecule has 0 radical (unpaired) electrons. The molecule has 1 atom stereocenters. The zero-order valence-corrected chi connectivity index (χ0v) is 54.0. The van der Waals surface area contributed by atoms with E-state index in [4.69, 9.17) is 6.42 Å². The second kappa shape index (κ2) is 20.0. The number of terminal acetylenes is 1. The van der Waals surface area contributed by atoms with E-state index in [0.29, 0.717) is 0 Å². The molecule has 0 saturated heterocycles. The maximum absolute atomic E-state index is 6.18. The zero-order valence-electron chi connectivity index (χ0n) is 54.0. The number of benzene rings is 7. The van der Waals surface area contributed by atoms with Crippen molar-refractivity contribution < 1.29 is 0 Å². The molecule has 0 heterocycles. The fraction of sp³-hybridized carbons (Fsp3) is 0.0800. The van der Waals surface area contributed by atoms with Crippen LogP contribution in [0.25, 0.3) is 54.6 Å². The Labute approximate surface area is 494 Å². The monoisotopic (exact) mass is 973 g/mol. The Hall–Kier alpha value is -4.34. The van der Waals surface area contributed by atoms with Gasteiger partial charge in [0.05, 0.1) is 0 Å². The predicted molar refractivity (Wildman–Crippen MR) is 439 cm³/mol. The minimum atomic E-state index is -0.361. The van der Waals surface area contributed by atoms with Crippen LogP contribution in [-0.2, 0) is 11.8 Å². The fourth-order valence-electron chi connectivity index (χ4n) is 16.0. The van der Waals surface area contributed by atoms with Crippen molar-refractivity contribution in [2.45, 2.75) is 25.2 Å². The van der Waals surface area contributed by atoms with Gasteiger partial charge in [-0.2, -0.15) is 0 Å². The van der Waals surface area contributed by atoms with Crippen molar-refractivity contribution in [3.63, 3.8) is 0 Å². The lowest BCUT2D eigenvalue weighted by atomic mass is 9.55. The van der Waals surface area contributed by atoms with Gasteiger partial charge in [-0.3, -0.25) is 0 Å². The van der Waals surface area contributed by atoms with E-state index < -0.39 is 0 Å². The van der Waals surface area contributed by atoms with E-state index in [2.05, 4.69) is 233 Å². The van der Waals surface area contributed by atoms with Crippen LogP contribution in [-0.4, -0.2) is 220 Å². The van der Waals surface area contributed by atoms with Gasteiger partial charge in [-0.15, -0.1) is 55.6 Å². The van der Waals surface area contributed by atoms with Gasteiger partial charge >= 0.3 is 0 Å². The summed E-state index contributed by atoms with van der Waals surface area (Å²) in [6.45, 7) is 2.32. The third-order valence-corrected chi connectivity index (χ3v) is 22.6. The Balaban J connectivity index is 1.43. The first-order valence-corrected chi connectivity index (χ1v) is 29.2. The first kappa shape index (κ1) is 58.3. The summed E-state index contributed by atoms with van der Waals surface area (Å²) in [4.78, 5) is 0. The van der Waals surface area contributed by atoms with E-state index in [-0.39, 0.29) is 5.41 Å². The summed E-state index contributed by atoms with van der Waals surface area (Å²) in [7, 11) is 66.8. The van der Waals surface area contributed by atoms with E-state index >= 15 is 0 Å². The van der Waals surface area contributed by atoms with Crippen molar-refractivity contribution in [1.29, 1.82) is 0 Å². The third kappa shape index (κ3) is 7.62. The van der Waals surface area contributed by atoms with Crippen LogP contribution in [0, 0.1) is 12.3 Å². The highest BCUT2D eigenvalue weighted by Crippen LogP contribution is 2.58. The second-order valence-electron chi connectivity index (χ2n) is 25.6. The van der Waals surface area contributed by atoms with Gasteiger partial charge in [-0.05, 0) is 101 Å². The van der Waals surface area contributed by atoms with E-state index in [1.165, 1.54) is 236 Å². The molecule has 7 aromatic carbocycles. The summed E-state index contributed by atoms with van der Waals surface area (Å²) in [6, 6.07) is 0. The summed E-state index contributed by atoms with van der Waals surface area (Å²) < 4.78 is 0. The summed E-state index contributed by atoms with van der Waals surface area (Å²) in [6.07, 6.45) is 7.96. The maximum Gasteiger partial charge on any atom is 0.149 e. The minimum Gasteiger partial charge on any atom is -0.119 e. The topological polar surface area (TPSA) is 0 Å². The number of fused-ring (bicyclic) bond motifs is 13. The number of hydrogen-bond donors (Lipinski definition) is 0. The number of allylic oxidation sites excluding steroid dienone is 8. The maximum atomic E-state index is 6.18. The smallest absolute Gasteiger partial charge is 0.119 e. The number of hydrogen-bond acceptors (Lipinski definition) is 0. The summed E-state index contributed by atoms with van der Waals surface area (Å²) in [5.41, 5.74) is 53.3. The Morgan fingerprint density at radius 2 is 0.718 bits per heavy atom. The van der Waals surface area contributed by atoms with Crippen LogP contribution in [0.3, 0.4) is 0 Å². The molecule has 1 spiro atoms. The van der Waals surface area contributed by atoms with Crippen molar-refractivity contribution in [3.8, 4) is 23.5 Å². The fourth-order valence-corrected chi connectivity index (χ4v) is 16.0. The zero-order chi connectivity index (χ0) is 58.0. The summed E-state index contributed by atoms with van der Waals surface area (Å²) in [5, 5.41) is 8.66. The highest BCUT2D eigenvalue weighted by molar-refractivity contribution is 6.76. The molecule has 0 aliphatic heterocycles. The first-order chi connectivity index (χ1) is 36.3. The van der Waals surface area contributed by atoms with Crippen molar-refractivity contribution in [1.82, 2.24) is 0 Å². The molecule has 78 heavy (non-hydrogen) atoms. The van der Waals surface area contributed by atoms with Crippen molar-refractivity contribution >= 4 is 383 Å². The molecule has 2 aliphatic rings. The molecule has 7 aromatic rings. The van der Waals surface area contributed by atoms with Crippen molar-refractivity contribution in [2.24, 2.45) is 0 Å². The van der Waals surface area contributed by atoms with Crippen molar-refractivity contribution in [2.75, 3.05) is 0 Å². The lowest BCUT2D eigenvalue weighted by molar-refractivity contribution is 0.695. The molecule has 0 saturated carbocycles. The van der Waals surface area contributed by atoms with Gasteiger partial charge in [0.25, 0.3) is 0 Å². The molecule has 0 amide bonds. The molecule has 2 aliphatic carbocycles. The standard InChI is InChI=1S/C50H64B28/c1-3-9(52)29(58)28(57)8-5-50(22-11(8)31(60)42(71)48(77)40(22)69)23-19(20-24(50)41(70)49(78)47(76)37(20)66)26(55)7(27(56)39(23)68)4-10(53)12(25(54)6(2)51)21-30(59)13-14(32(61)38(21)67)16-18(36(65)46(75)44(73)34(16)63)17-15(13)33(62)43(72)45(74)35(17)64/h1H,4-5,51-78H2,2H3/b12-10+,25-6-,28-8-,29-9-. The second-order valence-corrected chi connectivity index (χ2v) is 25.6. The molecule has 0 nitrogen and oxygen atoms in total. The summed E-state index contributed by atoms with van der Waals surface area (Å²) in [5.74, 6) is 3.02. The van der Waals surface area contributed by atoms with Gasteiger partial charge in [-0.1, -0.05) is 117 Å². The molecule has 0 aromatic heterocycles. The molecule has 0 N–H and O–H groups in total. The van der Waals surface area contributed by atoms with Gasteiger partial charge in [0.2, 0.25) is 0 Å². The van der Waals surface area contributed by atoms with E-state index in [0.717, 1.165) is 18.3 Å². The van der Waals surface area contributed by atoms with Gasteiger partial charge in [-0.25, -0.2) is 0 Å². The minimum absolute atomic E-state index is 0.361. The molecule has 9 rings (SSSR count). The van der Waals surface area contributed by atoms with Crippen LogP contribution in [0.15, 0.2) is 32.8 Å². The van der Waals surface area contributed by atoms with Crippen molar-refractivity contribution in [3.05, 3.63) is 66.2 Å². The van der Waals surface area contributed by atoms with E-state index in [9.17, 15) is 0 Å². The number of rotatable bonds is 5. The molecule has 348 valence electrons. The van der Waals surface area contributed by atoms with Crippen LogP contribution in [0.4, 0.5) is 0 Å². The van der Waals surface area contributed by atoms with E-state index in [1.807, 2.05) is 0 Å².